The zero-order valence-corrected chi connectivity index (χ0v) is 20.0. The van der Waals surface area contributed by atoms with E-state index in [1.54, 1.807) is 30.3 Å². The third kappa shape index (κ3) is 4.53. The van der Waals surface area contributed by atoms with Gasteiger partial charge in [-0.15, -0.1) is 0 Å². The van der Waals surface area contributed by atoms with Gasteiger partial charge < -0.3 is 18.8 Å². The summed E-state index contributed by atoms with van der Waals surface area (Å²) in [6.45, 7) is 1.47. The Kier molecular flexibility index (Phi) is 6.68. The van der Waals surface area contributed by atoms with Gasteiger partial charge in [0.1, 0.15) is 5.69 Å². The van der Waals surface area contributed by atoms with Crippen molar-refractivity contribution < 1.29 is 23.8 Å². The molecule has 0 saturated heterocycles. The number of aryl methyl sites for hydroxylation is 1. The summed E-state index contributed by atoms with van der Waals surface area (Å²) < 4.78 is 17.1. The van der Waals surface area contributed by atoms with E-state index in [0.29, 0.717) is 33.4 Å². The highest BCUT2D eigenvalue weighted by Crippen LogP contribution is 2.31. The lowest BCUT2D eigenvalue weighted by Crippen LogP contribution is -2.27. The maximum absolute atomic E-state index is 13.3. The van der Waals surface area contributed by atoms with Crippen molar-refractivity contribution in [2.24, 2.45) is 7.05 Å². The van der Waals surface area contributed by atoms with Crippen molar-refractivity contribution in [3.05, 3.63) is 93.9 Å². The molecule has 0 unspecified atom stereocenters. The van der Waals surface area contributed by atoms with Crippen molar-refractivity contribution in [1.29, 1.82) is 0 Å². The van der Waals surface area contributed by atoms with E-state index in [4.69, 9.17) is 14.2 Å². The van der Waals surface area contributed by atoms with Crippen LogP contribution in [0.4, 0.5) is 0 Å². The van der Waals surface area contributed by atoms with Crippen LogP contribution in [0.25, 0.3) is 21.9 Å². The molecule has 0 aliphatic heterocycles. The van der Waals surface area contributed by atoms with Crippen LogP contribution in [0.2, 0.25) is 0 Å². The summed E-state index contributed by atoms with van der Waals surface area (Å²) in [5.74, 6) is -0.306. The lowest BCUT2D eigenvalue weighted by atomic mass is 9.96. The number of Topliss-reactive ketones (excluding diaryl/α,β-unsaturated/α-hetero) is 1. The predicted molar refractivity (Wildman–Crippen MR) is 134 cm³/mol. The SMILES string of the molecule is COc1ccc(C(=O)COC(=O)c2c(-c3ccc(C)cc3)c3ccccc3c(=O)n2C)cc1OC. The number of ketones is 1. The van der Waals surface area contributed by atoms with E-state index in [-0.39, 0.29) is 11.3 Å². The summed E-state index contributed by atoms with van der Waals surface area (Å²) in [4.78, 5) is 39.1. The van der Waals surface area contributed by atoms with Crippen molar-refractivity contribution in [3.8, 4) is 22.6 Å². The topological polar surface area (TPSA) is 83.8 Å². The number of hydrogen-bond acceptors (Lipinski definition) is 6. The molecule has 0 fully saturated rings. The molecule has 0 amide bonds. The number of methoxy groups -OCH3 is 2. The van der Waals surface area contributed by atoms with Crippen molar-refractivity contribution >= 4 is 22.5 Å². The van der Waals surface area contributed by atoms with Gasteiger partial charge in [0.25, 0.3) is 5.56 Å². The van der Waals surface area contributed by atoms with Crippen LogP contribution in [0.1, 0.15) is 26.4 Å². The number of hydrogen-bond donors (Lipinski definition) is 0. The first-order valence-corrected chi connectivity index (χ1v) is 11.0. The smallest absolute Gasteiger partial charge is 0.356 e. The van der Waals surface area contributed by atoms with Crippen LogP contribution in [0, 0.1) is 6.92 Å². The number of nitrogens with zero attached hydrogens (tertiary/aromatic N) is 1. The first-order valence-electron chi connectivity index (χ1n) is 11.0. The van der Waals surface area contributed by atoms with Gasteiger partial charge in [0.15, 0.2) is 23.9 Å². The van der Waals surface area contributed by atoms with E-state index < -0.39 is 18.4 Å². The molecule has 3 aromatic carbocycles. The molecule has 7 nitrogen and oxygen atoms in total. The predicted octanol–water partition coefficient (Wildman–Crippen LogP) is 4.57. The highest BCUT2D eigenvalue weighted by Gasteiger charge is 2.24. The number of rotatable bonds is 7. The molecule has 4 aromatic rings. The fourth-order valence-electron chi connectivity index (χ4n) is 4.01. The minimum atomic E-state index is -0.764. The molecule has 0 bridgehead atoms. The molecule has 0 aliphatic carbocycles. The molecule has 0 atom stereocenters. The number of fused-ring (bicyclic) bond motifs is 1. The number of carbonyl (C=O) groups is 2. The Morgan fingerprint density at radius 3 is 2.17 bits per heavy atom. The molecule has 35 heavy (non-hydrogen) atoms. The number of carbonyl (C=O) groups excluding carboxylic acids is 2. The molecule has 0 aliphatic rings. The maximum Gasteiger partial charge on any atom is 0.356 e. The molecular formula is C28H25NO6. The van der Waals surface area contributed by atoms with Gasteiger partial charge in [-0.1, -0.05) is 48.0 Å². The van der Waals surface area contributed by atoms with Gasteiger partial charge in [0.05, 0.1) is 14.2 Å². The van der Waals surface area contributed by atoms with Crippen LogP contribution in [0.3, 0.4) is 0 Å². The van der Waals surface area contributed by atoms with Crippen LogP contribution in [-0.2, 0) is 11.8 Å². The van der Waals surface area contributed by atoms with Gasteiger partial charge in [0.2, 0.25) is 0 Å². The van der Waals surface area contributed by atoms with Crippen LogP contribution >= 0.6 is 0 Å². The van der Waals surface area contributed by atoms with Crippen molar-refractivity contribution in [1.82, 2.24) is 4.57 Å². The monoisotopic (exact) mass is 471 g/mol. The molecular weight excluding hydrogens is 446 g/mol. The van der Waals surface area contributed by atoms with E-state index in [1.807, 2.05) is 37.3 Å². The summed E-state index contributed by atoms with van der Waals surface area (Å²) in [6, 6.07) is 19.5. The van der Waals surface area contributed by atoms with Crippen molar-refractivity contribution in [2.75, 3.05) is 20.8 Å². The number of pyridine rings is 1. The Morgan fingerprint density at radius 2 is 1.51 bits per heavy atom. The largest absolute Gasteiger partial charge is 0.493 e. The molecule has 0 saturated carbocycles. The van der Waals surface area contributed by atoms with Crippen molar-refractivity contribution in [3.63, 3.8) is 0 Å². The average Bonchev–Trinajstić information content (AvgIpc) is 2.89. The van der Waals surface area contributed by atoms with Gasteiger partial charge in [-0.3, -0.25) is 9.59 Å². The second kappa shape index (κ2) is 9.85. The number of ether oxygens (including phenoxy) is 3. The molecule has 7 heteroatoms. The number of esters is 1. The second-order valence-corrected chi connectivity index (χ2v) is 8.07. The first-order chi connectivity index (χ1) is 16.8. The van der Waals surface area contributed by atoms with Crippen LogP contribution in [0.15, 0.2) is 71.5 Å². The second-order valence-electron chi connectivity index (χ2n) is 8.07. The summed E-state index contributed by atoms with van der Waals surface area (Å²) in [7, 11) is 4.50. The highest BCUT2D eigenvalue weighted by atomic mass is 16.5. The Labute approximate surface area is 202 Å². The molecule has 0 N–H and O–H groups in total. The van der Waals surface area contributed by atoms with E-state index in [0.717, 1.165) is 11.1 Å². The molecule has 4 rings (SSSR count). The quantitative estimate of drug-likeness (QED) is 0.290. The van der Waals surface area contributed by atoms with Gasteiger partial charge >= 0.3 is 5.97 Å². The lowest BCUT2D eigenvalue weighted by Gasteiger charge is -2.17. The Balaban J connectivity index is 1.73. The summed E-state index contributed by atoms with van der Waals surface area (Å²) >= 11 is 0. The molecule has 1 heterocycles. The van der Waals surface area contributed by atoms with Gasteiger partial charge in [0, 0.05) is 23.6 Å². The van der Waals surface area contributed by atoms with Gasteiger partial charge in [-0.05, 0) is 42.1 Å². The first kappa shape index (κ1) is 23.8. The zero-order chi connectivity index (χ0) is 25.1. The van der Waals surface area contributed by atoms with E-state index >= 15 is 0 Å². The van der Waals surface area contributed by atoms with E-state index in [9.17, 15) is 14.4 Å². The fraction of sp³-hybridized carbons (Fsp3) is 0.179. The normalized spacial score (nSPS) is 10.7. The maximum atomic E-state index is 13.3. The van der Waals surface area contributed by atoms with Crippen molar-refractivity contribution in [2.45, 2.75) is 6.92 Å². The Hall–Kier alpha value is -4.39. The molecule has 0 radical (unpaired) electrons. The molecule has 1 aromatic heterocycles. The van der Waals surface area contributed by atoms with Crippen LogP contribution < -0.4 is 15.0 Å². The third-order valence-electron chi connectivity index (χ3n) is 5.88. The zero-order valence-electron chi connectivity index (χ0n) is 20.0. The number of benzene rings is 3. The van der Waals surface area contributed by atoms with E-state index in [1.165, 1.54) is 31.9 Å². The molecule has 0 spiro atoms. The minimum Gasteiger partial charge on any atom is -0.493 e. The summed E-state index contributed by atoms with van der Waals surface area (Å²) in [5, 5.41) is 1.13. The Morgan fingerprint density at radius 1 is 0.857 bits per heavy atom. The van der Waals surface area contributed by atoms with Crippen LogP contribution in [0.5, 0.6) is 11.5 Å². The third-order valence-corrected chi connectivity index (χ3v) is 5.88. The minimum absolute atomic E-state index is 0.0812. The highest BCUT2D eigenvalue weighted by molar-refractivity contribution is 6.07. The summed E-state index contributed by atoms with van der Waals surface area (Å²) in [5.41, 5.74) is 2.47. The average molecular weight is 472 g/mol. The van der Waals surface area contributed by atoms with Gasteiger partial charge in [-0.25, -0.2) is 4.79 Å². The van der Waals surface area contributed by atoms with Gasteiger partial charge in [-0.2, -0.15) is 0 Å². The Bertz CT molecular complexity index is 1480. The fourth-order valence-corrected chi connectivity index (χ4v) is 4.01. The van der Waals surface area contributed by atoms with Crippen LogP contribution in [-0.4, -0.2) is 37.1 Å². The lowest BCUT2D eigenvalue weighted by molar-refractivity contribution is 0.0465. The standard InChI is InChI=1S/C28H25NO6/c1-17-9-11-18(12-10-17)25-20-7-5-6-8-21(20)27(31)29(2)26(25)28(32)35-16-22(30)19-13-14-23(33-3)24(15-19)34-4/h5-15H,16H2,1-4H3. The van der Waals surface area contributed by atoms with E-state index in [2.05, 4.69) is 0 Å². The summed E-state index contributed by atoms with van der Waals surface area (Å²) in [6.07, 6.45) is 0. The molecule has 178 valence electrons. The number of aromatic nitrogens is 1.